The second-order valence-corrected chi connectivity index (χ2v) is 11.0. The number of ether oxygens (including phenoxy) is 2. The van der Waals surface area contributed by atoms with E-state index in [1.54, 1.807) is 11.0 Å². The lowest BCUT2D eigenvalue weighted by Gasteiger charge is -2.35. The number of likely N-dealkylation sites (N-methyl/N-ethyl adjacent to an activating group) is 1. The summed E-state index contributed by atoms with van der Waals surface area (Å²) in [7, 11) is 2.04. The van der Waals surface area contributed by atoms with Crippen molar-refractivity contribution in [2.24, 2.45) is 5.92 Å². The van der Waals surface area contributed by atoms with Crippen LogP contribution in [-0.4, -0.2) is 93.3 Å². The topological polar surface area (TPSA) is 113 Å². The second kappa shape index (κ2) is 10.9. The highest BCUT2D eigenvalue weighted by molar-refractivity contribution is 6.33. The number of carbonyl (C=O) groups is 1. The zero-order chi connectivity index (χ0) is 28.8. The van der Waals surface area contributed by atoms with Crippen LogP contribution in [0.5, 0.6) is 17.6 Å². The molecule has 0 aliphatic carbocycles. The summed E-state index contributed by atoms with van der Waals surface area (Å²) in [5, 5.41) is 7.61. The third kappa shape index (κ3) is 5.22. The van der Waals surface area contributed by atoms with Gasteiger partial charge >= 0.3 is 6.01 Å². The Bertz CT molecular complexity index is 1660. The fraction of sp³-hybridized carbons (Fsp3) is 0.370. The summed E-state index contributed by atoms with van der Waals surface area (Å²) in [4.78, 5) is 32.0. The van der Waals surface area contributed by atoms with Gasteiger partial charge in [0.2, 0.25) is 11.8 Å². The van der Waals surface area contributed by atoms with Gasteiger partial charge in [-0.05, 0) is 19.2 Å². The third-order valence-corrected chi connectivity index (χ3v) is 7.97. The van der Waals surface area contributed by atoms with Gasteiger partial charge in [-0.3, -0.25) is 9.89 Å². The molecule has 2 aliphatic rings. The van der Waals surface area contributed by atoms with Crippen molar-refractivity contribution < 1.29 is 18.7 Å². The highest BCUT2D eigenvalue weighted by atomic mass is 35.5. The molecule has 0 bridgehead atoms. The summed E-state index contributed by atoms with van der Waals surface area (Å²) in [6, 6.07) is 3.04. The molecule has 11 nitrogen and oxygen atoms in total. The number of likely N-dealkylation sites (tertiary alicyclic amines) is 1. The molecule has 3 aromatic heterocycles. The van der Waals surface area contributed by atoms with Crippen molar-refractivity contribution in [3.05, 3.63) is 47.0 Å². The zero-order valence-corrected chi connectivity index (χ0v) is 23.9. The highest BCUT2D eigenvalue weighted by Crippen LogP contribution is 2.41. The van der Waals surface area contributed by atoms with E-state index in [-0.39, 0.29) is 45.7 Å². The van der Waals surface area contributed by atoms with Crippen molar-refractivity contribution in [3.63, 3.8) is 0 Å². The van der Waals surface area contributed by atoms with Crippen LogP contribution in [0.3, 0.4) is 0 Å². The van der Waals surface area contributed by atoms with Crippen LogP contribution in [0.1, 0.15) is 6.92 Å². The fourth-order valence-corrected chi connectivity index (χ4v) is 5.71. The van der Waals surface area contributed by atoms with Crippen LogP contribution in [0.4, 0.5) is 10.2 Å². The molecule has 0 saturated carbocycles. The van der Waals surface area contributed by atoms with Gasteiger partial charge < -0.3 is 24.2 Å². The van der Waals surface area contributed by atoms with Crippen molar-refractivity contribution in [1.82, 2.24) is 34.9 Å². The monoisotopic (exact) mass is 600 g/mol. The first-order chi connectivity index (χ1) is 19.7. The number of benzene rings is 1. The minimum absolute atomic E-state index is 0.00746. The molecule has 2 atom stereocenters. The summed E-state index contributed by atoms with van der Waals surface area (Å²) < 4.78 is 27.2. The second-order valence-electron chi connectivity index (χ2n) is 10.3. The van der Waals surface area contributed by atoms with Gasteiger partial charge in [0.05, 0.1) is 22.5 Å². The predicted octanol–water partition coefficient (Wildman–Crippen LogP) is 4.30. The summed E-state index contributed by atoms with van der Waals surface area (Å²) in [6.07, 6.45) is 2.67. The maximum atomic E-state index is 14.7. The minimum atomic E-state index is -0.685. The number of hydrogen-bond donors (Lipinski definition) is 1. The number of fused-ring (bicyclic) bond motifs is 2. The van der Waals surface area contributed by atoms with Gasteiger partial charge in [0.1, 0.15) is 33.4 Å². The average molecular weight is 601 g/mol. The Balaban J connectivity index is 1.46. The number of nitrogens with zero attached hydrogens (tertiary/aromatic N) is 7. The Kier molecular flexibility index (Phi) is 7.30. The van der Waals surface area contributed by atoms with Crippen molar-refractivity contribution in [3.8, 4) is 17.6 Å². The molecule has 41 heavy (non-hydrogen) atoms. The molecule has 1 unspecified atom stereocenters. The SMILES string of the molecule is C=CC(=O)N1CCN(c2nc(OC3CN(C)C[C@H]3C)nc3c(Oc4c(Cl)c(F)cc5[nH]ncc45)nc(Cl)cc23)CC1. The first-order valence-corrected chi connectivity index (χ1v) is 13.9. The molecular weight excluding hydrogens is 574 g/mol. The average Bonchev–Trinajstić information content (AvgIpc) is 3.55. The number of nitrogens with one attached hydrogen (secondary N) is 1. The molecule has 2 aliphatic heterocycles. The largest absolute Gasteiger partial charge is 0.458 e. The quantitative estimate of drug-likeness (QED) is 0.255. The highest BCUT2D eigenvalue weighted by Gasteiger charge is 2.31. The Morgan fingerprint density at radius 3 is 2.63 bits per heavy atom. The number of halogens is 3. The molecule has 0 spiro atoms. The standard InChI is InChI=1S/C27H27Cl2FN8O3/c1-4-21(39)37-5-7-38(8-6-37)25-15-9-20(28)32-26(41-24-16-11-31-35-18(16)10-17(30)22(24)29)23(15)33-27(34-25)40-19-13-36(3)12-14(19)2/h4,9-11,14,19H,1,5-8,12-13H2,2-3H3,(H,31,35)/t14-,19?/m1/s1. The molecule has 14 heteroatoms. The first kappa shape index (κ1) is 27.4. The van der Waals surface area contributed by atoms with Gasteiger partial charge in [-0.2, -0.15) is 20.1 Å². The van der Waals surface area contributed by atoms with Crippen molar-refractivity contribution >= 4 is 56.7 Å². The Labute approximate surface area is 244 Å². The van der Waals surface area contributed by atoms with Crippen molar-refractivity contribution in [2.45, 2.75) is 13.0 Å². The van der Waals surface area contributed by atoms with E-state index in [1.807, 2.05) is 11.9 Å². The van der Waals surface area contributed by atoms with Gasteiger partial charge in [0.15, 0.2) is 5.75 Å². The molecule has 1 N–H and O–H groups in total. The lowest BCUT2D eigenvalue weighted by Crippen LogP contribution is -2.48. The van der Waals surface area contributed by atoms with E-state index in [0.29, 0.717) is 53.8 Å². The van der Waals surface area contributed by atoms with Crippen LogP contribution < -0.4 is 14.4 Å². The molecular formula is C27H27Cl2FN8O3. The molecule has 2 saturated heterocycles. The number of pyridine rings is 1. The van der Waals surface area contributed by atoms with E-state index in [0.717, 1.165) is 13.1 Å². The molecule has 0 radical (unpaired) electrons. The van der Waals surface area contributed by atoms with Gasteiger partial charge in [0.25, 0.3) is 0 Å². The third-order valence-electron chi connectivity index (χ3n) is 7.42. The lowest BCUT2D eigenvalue weighted by atomic mass is 10.1. The molecule has 4 aromatic rings. The molecule has 6 rings (SSSR count). The van der Waals surface area contributed by atoms with E-state index in [1.165, 1.54) is 18.3 Å². The number of amides is 1. The van der Waals surface area contributed by atoms with E-state index >= 15 is 0 Å². The normalized spacial score (nSPS) is 19.7. The number of H-pyrrole nitrogens is 1. The zero-order valence-electron chi connectivity index (χ0n) is 22.4. The summed E-state index contributed by atoms with van der Waals surface area (Å²) >= 11 is 12.8. The molecule has 1 aromatic carbocycles. The predicted molar refractivity (Wildman–Crippen MR) is 154 cm³/mol. The number of aromatic amines is 1. The molecule has 1 amide bonds. The van der Waals surface area contributed by atoms with E-state index in [4.69, 9.17) is 42.6 Å². The summed E-state index contributed by atoms with van der Waals surface area (Å²) in [5.74, 6) is 0.0413. The number of piperazine rings is 1. The summed E-state index contributed by atoms with van der Waals surface area (Å²) in [5.41, 5.74) is 0.717. The van der Waals surface area contributed by atoms with Gasteiger partial charge in [-0.15, -0.1) is 0 Å². The summed E-state index contributed by atoms with van der Waals surface area (Å²) in [6.45, 7) is 9.29. The smallest absolute Gasteiger partial charge is 0.319 e. The number of rotatable bonds is 6. The molecule has 2 fully saturated rings. The Hall–Kier alpha value is -3.74. The lowest BCUT2D eigenvalue weighted by molar-refractivity contribution is -0.126. The number of aromatic nitrogens is 5. The Morgan fingerprint density at radius 1 is 1.15 bits per heavy atom. The minimum Gasteiger partial charge on any atom is -0.458 e. The van der Waals surface area contributed by atoms with Crippen LogP contribution in [0.15, 0.2) is 31.0 Å². The van der Waals surface area contributed by atoms with Crippen molar-refractivity contribution in [1.29, 1.82) is 0 Å². The van der Waals surface area contributed by atoms with Crippen molar-refractivity contribution in [2.75, 3.05) is 51.2 Å². The van der Waals surface area contributed by atoms with E-state index in [9.17, 15) is 9.18 Å². The van der Waals surface area contributed by atoms with Crippen LogP contribution in [0.25, 0.3) is 21.8 Å². The fourth-order valence-electron chi connectivity index (χ4n) is 5.33. The van der Waals surface area contributed by atoms with Gasteiger partial charge in [0, 0.05) is 51.3 Å². The molecule has 5 heterocycles. The van der Waals surface area contributed by atoms with E-state index < -0.39 is 5.82 Å². The maximum absolute atomic E-state index is 14.7. The van der Waals surface area contributed by atoms with Crippen LogP contribution in [-0.2, 0) is 4.79 Å². The van der Waals surface area contributed by atoms with Crippen LogP contribution >= 0.6 is 23.2 Å². The molecule has 214 valence electrons. The number of carbonyl (C=O) groups excluding carboxylic acids is 1. The maximum Gasteiger partial charge on any atom is 0.319 e. The van der Waals surface area contributed by atoms with Gasteiger partial charge in [-0.25, -0.2) is 4.39 Å². The Morgan fingerprint density at radius 2 is 1.93 bits per heavy atom. The first-order valence-electron chi connectivity index (χ1n) is 13.1. The number of anilines is 1. The van der Waals surface area contributed by atoms with Crippen LogP contribution in [0.2, 0.25) is 10.2 Å². The number of hydrogen-bond acceptors (Lipinski definition) is 9. The van der Waals surface area contributed by atoms with Gasteiger partial charge in [-0.1, -0.05) is 36.7 Å². The van der Waals surface area contributed by atoms with E-state index in [2.05, 4.69) is 33.6 Å². The van der Waals surface area contributed by atoms with Crippen LogP contribution in [0, 0.1) is 11.7 Å².